The van der Waals surface area contributed by atoms with Crippen molar-refractivity contribution in [2.24, 2.45) is 7.05 Å². The average molecular weight is 295 g/mol. The number of aryl methyl sites for hydroxylation is 1. The number of rotatable bonds is 4. The summed E-state index contributed by atoms with van der Waals surface area (Å²) >= 11 is 3.42. The zero-order valence-electron chi connectivity index (χ0n) is 9.26. The summed E-state index contributed by atoms with van der Waals surface area (Å²) in [4.78, 5) is 10.2. The van der Waals surface area contributed by atoms with Gasteiger partial charge in [-0.05, 0) is 18.2 Å². The van der Waals surface area contributed by atoms with Crippen LogP contribution in [0.4, 0.5) is 0 Å². The molecule has 0 amide bonds. The summed E-state index contributed by atoms with van der Waals surface area (Å²) in [5.41, 5.74) is 2.73. The Morgan fingerprint density at radius 3 is 3.00 bits per heavy atom. The van der Waals surface area contributed by atoms with Crippen LogP contribution in [0.25, 0.3) is 11.3 Å². The summed E-state index contributed by atoms with van der Waals surface area (Å²) < 4.78 is 7.44. The number of nitrogens with zero attached hydrogens (tertiary/aromatic N) is 2. The minimum atomic E-state index is 0.237. The van der Waals surface area contributed by atoms with E-state index >= 15 is 0 Å². The fraction of sp³-hybridized carbons (Fsp3) is 0.167. The molecule has 1 aromatic carbocycles. The summed E-state index contributed by atoms with van der Waals surface area (Å²) in [5.74, 6) is 0. The molecule has 0 N–H and O–H groups in total. The molecule has 5 heteroatoms. The van der Waals surface area contributed by atoms with Crippen LogP contribution in [0.3, 0.4) is 0 Å². The quantitative estimate of drug-likeness (QED) is 0.814. The second-order valence-electron chi connectivity index (χ2n) is 3.56. The summed E-state index contributed by atoms with van der Waals surface area (Å²) in [6.07, 6.45) is 0. The molecular weight excluding hydrogens is 284 g/mol. The van der Waals surface area contributed by atoms with E-state index in [0.717, 1.165) is 21.4 Å². The minimum absolute atomic E-state index is 0.237. The molecule has 0 fully saturated rings. The van der Waals surface area contributed by atoms with Gasteiger partial charge in [0, 0.05) is 17.1 Å². The normalized spacial score (nSPS) is 10.2. The van der Waals surface area contributed by atoms with Crippen molar-refractivity contribution in [1.82, 2.24) is 9.78 Å². The smallest absolute Gasteiger partial charge is 0.293 e. The molecule has 2 rings (SSSR count). The Kier molecular flexibility index (Phi) is 3.58. The first-order chi connectivity index (χ1) is 8.20. The van der Waals surface area contributed by atoms with Crippen LogP contribution < -0.4 is 0 Å². The second-order valence-corrected chi connectivity index (χ2v) is 4.48. The van der Waals surface area contributed by atoms with Gasteiger partial charge in [-0.2, -0.15) is 5.10 Å². The molecule has 0 saturated heterocycles. The van der Waals surface area contributed by atoms with E-state index in [1.807, 2.05) is 37.4 Å². The topological polar surface area (TPSA) is 44.1 Å². The lowest BCUT2D eigenvalue weighted by Crippen LogP contribution is -1.99. The van der Waals surface area contributed by atoms with Gasteiger partial charge < -0.3 is 4.74 Å². The average Bonchev–Trinajstić information content (AvgIpc) is 2.68. The SMILES string of the molecule is Cn1nc(-c2cccc(Br)c2)cc1COC=O. The van der Waals surface area contributed by atoms with E-state index in [9.17, 15) is 4.79 Å². The Morgan fingerprint density at radius 2 is 2.29 bits per heavy atom. The predicted molar refractivity (Wildman–Crippen MR) is 67.2 cm³/mol. The maximum atomic E-state index is 10.2. The van der Waals surface area contributed by atoms with Gasteiger partial charge >= 0.3 is 0 Å². The van der Waals surface area contributed by atoms with Crippen molar-refractivity contribution >= 4 is 22.4 Å². The highest BCUT2D eigenvalue weighted by molar-refractivity contribution is 9.10. The Labute approximate surface area is 107 Å². The van der Waals surface area contributed by atoms with Gasteiger partial charge in [-0.15, -0.1) is 0 Å². The highest BCUT2D eigenvalue weighted by atomic mass is 79.9. The molecule has 2 aromatic rings. The molecule has 1 aromatic heterocycles. The second kappa shape index (κ2) is 5.14. The van der Waals surface area contributed by atoms with Crippen molar-refractivity contribution < 1.29 is 9.53 Å². The molecule has 0 aliphatic heterocycles. The molecule has 0 unspecified atom stereocenters. The lowest BCUT2D eigenvalue weighted by molar-refractivity contribution is -0.130. The standard InChI is InChI=1S/C12H11BrN2O2/c1-15-11(7-17-8-16)6-12(14-15)9-3-2-4-10(13)5-9/h2-6,8H,7H2,1H3. The third-order valence-electron chi connectivity index (χ3n) is 2.40. The van der Waals surface area contributed by atoms with Gasteiger partial charge in [0.25, 0.3) is 6.47 Å². The van der Waals surface area contributed by atoms with E-state index in [1.54, 1.807) is 4.68 Å². The summed E-state index contributed by atoms with van der Waals surface area (Å²) in [7, 11) is 1.82. The van der Waals surface area contributed by atoms with Crippen LogP contribution in [0, 0.1) is 0 Å². The van der Waals surface area contributed by atoms with Gasteiger partial charge in [0.2, 0.25) is 0 Å². The van der Waals surface area contributed by atoms with Crippen molar-refractivity contribution in [2.45, 2.75) is 6.61 Å². The third-order valence-corrected chi connectivity index (χ3v) is 2.89. The van der Waals surface area contributed by atoms with Gasteiger partial charge in [-0.1, -0.05) is 28.1 Å². The molecule has 17 heavy (non-hydrogen) atoms. The first-order valence-corrected chi connectivity index (χ1v) is 5.84. The molecule has 0 atom stereocenters. The maximum absolute atomic E-state index is 10.2. The van der Waals surface area contributed by atoms with Crippen molar-refractivity contribution in [1.29, 1.82) is 0 Å². The fourth-order valence-corrected chi connectivity index (χ4v) is 1.95. The van der Waals surface area contributed by atoms with Crippen molar-refractivity contribution in [3.05, 3.63) is 40.5 Å². The summed E-state index contributed by atoms with van der Waals surface area (Å²) in [5, 5.41) is 4.37. The van der Waals surface area contributed by atoms with E-state index < -0.39 is 0 Å². The number of ether oxygens (including phenoxy) is 1. The number of hydrogen-bond acceptors (Lipinski definition) is 3. The van der Waals surface area contributed by atoms with Gasteiger partial charge in [0.05, 0.1) is 11.4 Å². The highest BCUT2D eigenvalue weighted by Crippen LogP contribution is 2.22. The molecule has 0 aliphatic carbocycles. The number of carbonyl (C=O) groups is 1. The Morgan fingerprint density at radius 1 is 1.47 bits per heavy atom. The number of hydrogen-bond donors (Lipinski definition) is 0. The zero-order chi connectivity index (χ0) is 12.3. The molecule has 0 bridgehead atoms. The minimum Gasteiger partial charge on any atom is -0.461 e. The molecular formula is C12H11BrN2O2. The van der Waals surface area contributed by atoms with Crippen LogP contribution in [0.2, 0.25) is 0 Å². The fourth-order valence-electron chi connectivity index (χ4n) is 1.55. The van der Waals surface area contributed by atoms with Gasteiger partial charge in [0.1, 0.15) is 6.61 Å². The van der Waals surface area contributed by atoms with Crippen LogP contribution >= 0.6 is 15.9 Å². The van der Waals surface area contributed by atoms with E-state index in [2.05, 4.69) is 21.0 Å². The Hall–Kier alpha value is -1.62. The number of carbonyl (C=O) groups excluding carboxylic acids is 1. The van der Waals surface area contributed by atoms with Crippen LogP contribution in [-0.4, -0.2) is 16.3 Å². The van der Waals surface area contributed by atoms with Crippen LogP contribution in [0.15, 0.2) is 34.8 Å². The first-order valence-electron chi connectivity index (χ1n) is 5.05. The third kappa shape index (κ3) is 2.74. The van der Waals surface area contributed by atoms with E-state index in [4.69, 9.17) is 4.74 Å². The lowest BCUT2D eigenvalue weighted by atomic mass is 10.1. The molecule has 0 spiro atoms. The number of halogens is 1. The summed E-state index contributed by atoms with van der Waals surface area (Å²) in [6.45, 7) is 0.673. The van der Waals surface area contributed by atoms with Gasteiger partial charge in [-0.3, -0.25) is 9.48 Å². The highest BCUT2D eigenvalue weighted by Gasteiger charge is 2.07. The first kappa shape index (κ1) is 11.9. The van der Waals surface area contributed by atoms with Crippen LogP contribution in [-0.2, 0) is 23.2 Å². The number of benzene rings is 1. The van der Waals surface area contributed by atoms with Gasteiger partial charge in [-0.25, -0.2) is 0 Å². The maximum Gasteiger partial charge on any atom is 0.293 e. The Balaban J connectivity index is 2.30. The van der Waals surface area contributed by atoms with E-state index in [1.165, 1.54) is 0 Å². The molecule has 1 heterocycles. The Bertz CT molecular complexity index is 537. The molecule has 4 nitrogen and oxygen atoms in total. The monoisotopic (exact) mass is 294 g/mol. The molecule has 88 valence electrons. The van der Waals surface area contributed by atoms with Gasteiger partial charge in [0.15, 0.2) is 0 Å². The molecule has 0 radical (unpaired) electrons. The predicted octanol–water partition coefficient (Wildman–Crippen LogP) is 2.52. The number of aromatic nitrogens is 2. The van der Waals surface area contributed by atoms with Crippen molar-refractivity contribution in [2.75, 3.05) is 0 Å². The van der Waals surface area contributed by atoms with Crippen LogP contribution in [0.5, 0.6) is 0 Å². The molecule has 0 aliphatic rings. The molecule has 0 saturated carbocycles. The summed E-state index contributed by atoms with van der Waals surface area (Å²) in [6, 6.07) is 9.80. The van der Waals surface area contributed by atoms with E-state index in [0.29, 0.717) is 6.47 Å². The van der Waals surface area contributed by atoms with E-state index in [-0.39, 0.29) is 6.61 Å². The zero-order valence-corrected chi connectivity index (χ0v) is 10.8. The lowest BCUT2D eigenvalue weighted by Gasteiger charge is -1.97. The largest absolute Gasteiger partial charge is 0.461 e. The van der Waals surface area contributed by atoms with Crippen molar-refractivity contribution in [3.63, 3.8) is 0 Å². The van der Waals surface area contributed by atoms with Crippen LogP contribution in [0.1, 0.15) is 5.69 Å². The van der Waals surface area contributed by atoms with Crippen molar-refractivity contribution in [3.8, 4) is 11.3 Å².